The summed E-state index contributed by atoms with van der Waals surface area (Å²) >= 11 is 0. The van der Waals surface area contributed by atoms with Crippen molar-refractivity contribution in [1.82, 2.24) is 10.2 Å². The Morgan fingerprint density at radius 3 is 2.47 bits per heavy atom. The van der Waals surface area contributed by atoms with Crippen LogP contribution in [-0.2, 0) is 4.79 Å². The van der Waals surface area contributed by atoms with E-state index in [-0.39, 0.29) is 36.8 Å². The number of amides is 1. The van der Waals surface area contributed by atoms with Crippen molar-refractivity contribution >= 4 is 30.7 Å². The first-order chi connectivity index (χ1) is 8.09. The molecule has 0 bridgehead atoms. The number of nitrogens with two attached hydrogens (primary N) is 1. The molecule has 0 aliphatic heterocycles. The first-order valence-corrected chi connectivity index (χ1v) is 6.82. The third-order valence-corrected chi connectivity index (χ3v) is 3.56. The van der Waals surface area contributed by atoms with Crippen LogP contribution in [0.5, 0.6) is 0 Å². The number of rotatable bonds is 7. The average molecular weight is 314 g/mol. The molecule has 0 aromatic heterocycles. The van der Waals surface area contributed by atoms with Gasteiger partial charge < -0.3 is 16.0 Å². The van der Waals surface area contributed by atoms with Crippen LogP contribution in [0, 0.1) is 0 Å². The summed E-state index contributed by atoms with van der Waals surface area (Å²) in [7, 11) is 2.16. The minimum Gasteiger partial charge on any atom is -0.355 e. The summed E-state index contributed by atoms with van der Waals surface area (Å²) in [6.07, 6.45) is 6.66. The Bertz CT molecular complexity index is 234. The van der Waals surface area contributed by atoms with E-state index in [1.807, 2.05) is 6.92 Å². The zero-order valence-electron chi connectivity index (χ0n) is 12.1. The molecular formula is C13H29Cl2N3O. The lowest BCUT2D eigenvalue weighted by atomic mass is 10.2. The highest BCUT2D eigenvalue weighted by molar-refractivity contribution is 5.85. The summed E-state index contributed by atoms with van der Waals surface area (Å²) in [5, 5.41) is 2.96. The van der Waals surface area contributed by atoms with Gasteiger partial charge in [0.05, 0.1) is 0 Å². The fourth-order valence-electron chi connectivity index (χ4n) is 2.35. The Balaban J connectivity index is 0. The third kappa shape index (κ3) is 9.50. The van der Waals surface area contributed by atoms with E-state index in [2.05, 4.69) is 17.3 Å². The van der Waals surface area contributed by atoms with Crippen LogP contribution in [0.25, 0.3) is 0 Å². The summed E-state index contributed by atoms with van der Waals surface area (Å²) in [6, 6.07) is 0.845. The summed E-state index contributed by atoms with van der Waals surface area (Å²) in [5.74, 6) is 0.127. The minimum absolute atomic E-state index is 0. The Kier molecular flexibility index (Phi) is 13.2. The fraction of sp³-hybridized carbons (Fsp3) is 0.923. The Morgan fingerprint density at radius 1 is 1.37 bits per heavy atom. The van der Waals surface area contributed by atoms with Gasteiger partial charge in [0.15, 0.2) is 0 Å². The normalized spacial score (nSPS) is 16.6. The van der Waals surface area contributed by atoms with E-state index >= 15 is 0 Å². The molecule has 1 amide bonds. The number of hydrogen-bond acceptors (Lipinski definition) is 3. The molecule has 1 aliphatic carbocycles. The second kappa shape index (κ2) is 11.8. The average Bonchev–Trinajstić information content (AvgIpc) is 2.79. The molecule has 1 unspecified atom stereocenters. The van der Waals surface area contributed by atoms with Crippen LogP contribution in [0.2, 0.25) is 0 Å². The number of carbonyl (C=O) groups excluding carboxylic acids is 1. The van der Waals surface area contributed by atoms with E-state index in [9.17, 15) is 4.79 Å². The van der Waals surface area contributed by atoms with E-state index in [0.29, 0.717) is 6.42 Å². The molecule has 0 radical (unpaired) electrons. The standard InChI is InChI=1S/C13H27N3O.2ClH/c1-11(14)7-8-13(17)15-9-10-16(2)12-5-3-4-6-12;;/h11-12H,3-10,14H2,1-2H3,(H,15,17);2*1H. The summed E-state index contributed by atoms with van der Waals surface area (Å²) in [4.78, 5) is 13.8. The SMILES string of the molecule is CC(N)CCC(=O)NCCN(C)C1CCCC1.Cl.Cl. The molecule has 1 aliphatic rings. The van der Waals surface area contributed by atoms with Crippen LogP contribution in [0.1, 0.15) is 45.4 Å². The van der Waals surface area contributed by atoms with Gasteiger partial charge in [-0.1, -0.05) is 12.8 Å². The molecule has 1 saturated carbocycles. The second-order valence-electron chi connectivity index (χ2n) is 5.28. The van der Waals surface area contributed by atoms with Crippen molar-refractivity contribution in [2.45, 2.75) is 57.5 Å². The van der Waals surface area contributed by atoms with Gasteiger partial charge in [0, 0.05) is 31.6 Å². The zero-order chi connectivity index (χ0) is 12.7. The van der Waals surface area contributed by atoms with Crippen LogP contribution < -0.4 is 11.1 Å². The number of likely N-dealkylation sites (N-methyl/N-ethyl adjacent to an activating group) is 1. The van der Waals surface area contributed by atoms with E-state index in [4.69, 9.17) is 5.73 Å². The number of hydrogen-bond donors (Lipinski definition) is 2. The summed E-state index contributed by atoms with van der Waals surface area (Å²) in [5.41, 5.74) is 5.61. The van der Waals surface area contributed by atoms with Crippen molar-refractivity contribution in [1.29, 1.82) is 0 Å². The largest absolute Gasteiger partial charge is 0.355 e. The molecule has 0 aromatic carbocycles. The molecule has 1 fully saturated rings. The molecule has 0 spiro atoms. The Hall–Kier alpha value is -0.0300. The highest BCUT2D eigenvalue weighted by atomic mass is 35.5. The number of nitrogens with zero attached hydrogens (tertiary/aromatic N) is 1. The molecular weight excluding hydrogens is 285 g/mol. The quantitative estimate of drug-likeness (QED) is 0.755. The van der Waals surface area contributed by atoms with Crippen molar-refractivity contribution in [2.75, 3.05) is 20.1 Å². The highest BCUT2D eigenvalue weighted by Crippen LogP contribution is 2.21. The van der Waals surface area contributed by atoms with E-state index in [0.717, 1.165) is 25.6 Å². The number of halogens is 2. The van der Waals surface area contributed by atoms with Crippen molar-refractivity contribution < 1.29 is 4.79 Å². The van der Waals surface area contributed by atoms with E-state index in [1.54, 1.807) is 0 Å². The van der Waals surface area contributed by atoms with Crippen LogP contribution in [0.3, 0.4) is 0 Å². The lowest BCUT2D eigenvalue weighted by Gasteiger charge is -2.23. The fourth-order valence-corrected chi connectivity index (χ4v) is 2.35. The van der Waals surface area contributed by atoms with Gasteiger partial charge in [-0.2, -0.15) is 0 Å². The topological polar surface area (TPSA) is 58.4 Å². The number of nitrogens with one attached hydrogen (secondary N) is 1. The predicted molar refractivity (Wildman–Crippen MR) is 85.3 cm³/mol. The van der Waals surface area contributed by atoms with Crippen LogP contribution in [-0.4, -0.2) is 43.0 Å². The Morgan fingerprint density at radius 2 is 1.95 bits per heavy atom. The number of carbonyl (C=O) groups is 1. The van der Waals surface area contributed by atoms with Crippen LogP contribution in [0.15, 0.2) is 0 Å². The van der Waals surface area contributed by atoms with Gasteiger partial charge in [-0.15, -0.1) is 24.8 Å². The first kappa shape index (κ1) is 21.3. The first-order valence-electron chi connectivity index (χ1n) is 6.82. The summed E-state index contributed by atoms with van der Waals surface area (Å²) in [6.45, 7) is 3.64. The predicted octanol–water partition coefficient (Wildman–Crippen LogP) is 1.95. The van der Waals surface area contributed by atoms with E-state index < -0.39 is 0 Å². The van der Waals surface area contributed by atoms with Gasteiger partial charge in [-0.05, 0) is 33.2 Å². The van der Waals surface area contributed by atoms with Crippen LogP contribution >= 0.6 is 24.8 Å². The molecule has 0 heterocycles. The molecule has 19 heavy (non-hydrogen) atoms. The maximum Gasteiger partial charge on any atom is 0.220 e. The molecule has 4 nitrogen and oxygen atoms in total. The molecule has 6 heteroatoms. The van der Waals surface area contributed by atoms with Gasteiger partial charge in [-0.25, -0.2) is 0 Å². The lowest BCUT2D eigenvalue weighted by Crippen LogP contribution is -2.37. The maximum absolute atomic E-state index is 11.5. The molecule has 116 valence electrons. The summed E-state index contributed by atoms with van der Waals surface area (Å²) < 4.78 is 0. The Labute approximate surface area is 129 Å². The van der Waals surface area contributed by atoms with Gasteiger partial charge >= 0.3 is 0 Å². The molecule has 1 rings (SSSR count). The lowest BCUT2D eigenvalue weighted by molar-refractivity contribution is -0.121. The third-order valence-electron chi connectivity index (χ3n) is 3.56. The monoisotopic (exact) mass is 313 g/mol. The van der Waals surface area contributed by atoms with Gasteiger partial charge in [-0.3, -0.25) is 4.79 Å². The second-order valence-corrected chi connectivity index (χ2v) is 5.28. The molecule has 1 atom stereocenters. The smallest absolute Gasteiger partial charge is 0.220 e. The van der Waals surface area contributed by atoms with Crippen molar-refractivity contribution in [3.8, 4) is 0 Å². The van der Waals surface area contributed by atoms with E-state index in [1.165, 1.54) is 25.7 Å². The van der Waals surface area contributed by atoms with Crippen molar-refractivity contribution in [3.63, 3.8) is 0 Å². The van der Waals surface area contributed by atoms with Crippen molar-refractivity contribution in [2.24, 2.45) is 5.73 Å². The van der Waals surface area contributed by atoms with Gasteiger partial charge in [0.2, 0.25) is 5.91 Å². The molecule has 0 saturated heterocycles. The van der Waals surface area contributed by atoms with Gasteiger partial charge in [0.25, 0.3) is 0 Å². The highest BCUT2D eigenvalue weighted by Gasteiger charge is 2.18. The molecule has 0 aromatic rings. The zero-order valence-corrected chi connectivity index (χ0v) is 13.7. The van der Waals surface area contributed by atoms with Crippen LogP contribution in [0.4, 0.5) is 0 Å². The van der Waals surface area contributed by atoms with Crippen molar-refractivity contribution in [3.05, 3.63) is 0 Å². The van der Waals surface area contributed by atoms with Gasteiger partial charge in [0.1, 0.15) is 0 Å². The molecule has 3 N–H and O–H groups in total. The maximum atomic E-state index is 11.5. The minimum atomic E-state index is 0.